The first kappa shape index (κ1) is 18.7. The summed E-state index contributed by atoms with van der Waals surface area (Å²) in [6.07, 6.45) is -0.484. The summed E-state index contributed by atoms with van der Waals surface area (Å²) in [5, 5.41) is 3.38. The van der Waals surface area contributed by atoms with Crippen LogP contribution in [0.1, 0.15) is 41.1 Å². The van der Waals surface area contributed by atoms with E-state index in [4.69, 9.17) is 4.74 Å². The highest BCUT2D eigenvalue weighted by Gasteiger charge is 2.24. The second-order valence-electron chi connectivity index (χ2n) is 6.97. The van der Waals surface area contributed by atoms with Crippen molar-refractivity contribution in [1.29, 1.82) is 0 Å². The summed E-state index contributed by atoms with van der Waals surface area (Å²) < 4.78 is 5.20. The van der Waals surface area contributed by atoms with Crippen LogP contribution in [0.25, 0.3) is 0 Å². The highest BCUT2D eigenvalue weighted by atomic mass is 32.1. The van der Waals surface area contributed by atoms with Gasteiger partial charge < -0.3 is 19.9 Å². The number of nitrogens with zero attached hydrogens (tertiary/aromatic N) is 3. The van der Waals surface area contributed by atoms with Crippen molar-refractivity contribution in [2.75, 3.05) is 33.2 Å². The largest absolute Gasteiger partial charge is 0.444 e. The zero-order chi connectivity index (χ0) is 17.9. The summed E-state index contributed by atoms with van der Waals surface area (Å²) in [4.78, 5) is 33.5. The Hall–Kier alpha value is -1.67. The van der Waals surface area contributed by atoms with E-state index in [-0.39, 0.29) is 12.5 Å². The Morgan fingerprint density at radius 2 is 1.88 bits per heavy atom. The SMILES string of the molecule is Cc1nc(CNC(=O)OC(C)(C)C)sc1C(=O)N1CCN(C)CC1. The van der Waals surface area contributed by atoms with Gasteiger partial charge in [0.25, 0.3) is 5.91 Å². The number of piperazine rings is 1. The lowest BCUT2D eigenvalue weighted by molar-refractivity contribution is 0.0523. The monoisotopic (exact) mass is 354 g/mol. The van der Waals surface area contributed by atoms with Crippen molar-refractivity contribution < 1.29 is 14.3 Å². The zero-order valence-electron chi connectivity index (χ0n) is 15.0. The van der Waals surface area contributed by atoms with Crippen LogP contribution in [0.15, 0.2) is 0 Å². The summed E-state index contributed by atoms with van der Waals surface area (Å²) in [5.74, 6) is 0.0293. The van der Waals surface area contributed by atoms with Gasteiger partial charge in [-0.3, -0.25) is 4.79 Å². The Bertz CT molecular complexity index is 601. The van der Waals surface area contributed by atoms with E-state index in [0.29, 0.717) is 15.6 Å². The molecule has 1 N–H and O–H groups in total. The predicted octanol–water partition coefficient (Wildman–Crippen LogP) is 1.86. The lowest BCUT2D eigenvalue weighted by atomic mass is 10.2. The molecule has 2 heterocycles. The molecule has 0 aromatic carbocycles. The molecule has 0 spiro atoms. The number of amides is 2. The molecule has 1 aromatic rings. The third-order valence-electron chi connectivity index (χ3n) is 3.61. The molecule has 1 fully saturated rings. The predicted molar refractivity (Wildman–Crippen MR) is 93.3 cm³/mol. The summed E-state index contributed by atoms with van der Waals surface area (Å²) in [6, 6.07) is 0. The van der Waals surface area contributed by atoms with E-state index in [9.17, 15) is 9.59 Å². The number of hydrogen-bond donors (Lipinski definition) is 1. The van der Waals surface area contributed by atoms with Crippen molar-refractivity contribution in [2.45, 2.75) is 39.8 Å². The minimum atomic E-state index is -0.536. The topological polar surface area (TPSA) is 74.8 Å². The maximum absolute atomic E-state index is 12.6. The number of aromatic nitrogens is 1. The van der Waals surface area contributed by atoms with Gasteiger partial charge in [0.2, 0.25) is 0 Å². The lowest BCUT2D eigenvalue weighted by Gasteiger charge is -2.32. The van der Waals surface area contributed by atoms with E-state index in [1.54, 1.807) is 0 Å². The van der Waals surface area contributed by atoms with E-state index in [1.807, 2.05) is 32.6 Å². The van der Waals surface area contributed by atoms with E-state index in [0.717, 1.165) is 26.2 Å². The van der Waals surface area contributed by atoms with Crippen LogP contribution in [-0.4, -0.2) is 65.6 Å². The number of carbonyl (C=O) groups is 2. The standard InChI is InChI=1S/C16H26N4O3S/c1-11-13(14(21)20-8-6-19(5)7-9-20)24-12(18-11)10-17-15(22)23-16(2,3)4/h6-10H2,1-5H3,(H,17,22). The number of thiazole rings is 1. The third kappa shape index (κ3) is 5.17. The third-order valence-corrected chi connectivity index (χ3v) is 4.75. The van der Waals surface area contributed by atoms with E-state index in [2.05, 4.69) is 22.2 Å². The fourth-order valence-electron chi connectivity index (χ4n) is 2.34. The molecular weight excluding hydrogens is 328 g/mol. The van der Waals surface area contributed by atoms with Crippen LogP contribution in [-0.2, 0) is 11.3 Å². The van der Waals surface area contributed by atoms with Gasteiger partial charge in [-0.2, -0.15) is 0 Å². The van der Waals surface area contributed by atoms with Crippen molar-refractivity contribution in [3.63, 3.8) is 0 Å². The van der Waals surface area contributed by atoms with Crippen molar-refractivity contribution >= 4 is 23.3 Å². The molecule has 2 amide bonds. The molecule has 1 aromatic heterocycles. The normalized spacial score (nSPS) is 16.1. The second kappa shape index (κ2) is 7.48. The van der Waals surface area contributed by atoms with Gasteiger partial charge in [0.1, 0.15) is 15.5 Å². The molecule has 0 aliphatic carbocycles. The number of rotatable bonds is 3. The number of nitrogens with one attached hydrogen (secondary N) is 1. The van der Waals surface area contributed by atoms with Crippen molar-refractivity contribution in [3.8, 4) is 0 Å². The Morgan fingerprint density at radius 3 is 2.46 bits per heavy atom. The smallest absolute Gasteiger partial charge is 0.408 e. The van der Waals surface area contributed by atoms with Crippen molar-refractivity contribution in [2.24, 2.45) is 0 Å². The van der Waals surface area contributed by atoms with Crippen LogP contribution >= 0.6 is 11.3 Å². The zero-order valence-corrected chi connectivity index (χ0v) is 15.8. The Balaban J connectivity index is 1.94. The number of likely N-dealkylation sites (N-methyl/N-ethyl adjacent to an activating group) is 1. The van der Waals surface area contributed by atoms with Gasteiger partial charge in [0, 0.05) is 26.2 Å². The molecule has 0 bridgehead atoms. The first-order valence-electron chi connectivity index (χ1n) is 8.06. The van der Waals surface area contributed by atoms with Crippen LogP contribution in [0.2, 0.25) is 0 Å². The van der Waals surface area contributed by atoms with Crippen LogP contribution in [0, 0.1) is 6.92 Å². The van der Waals surface area contributed by atoms with Gasteiger partial charge in [-0.1, -0.05) is 0 Å². The van der Waals surface area contributed by atoms with E-state index < -0.39 is 11.7 Å². The van der Waals surface area contributed by atoms with E-state index in [1.165, 1.54) is 11.3 Å². The minimum Gasteiger partial charge on any atom is -0.444 e. The molecular formula is C16H26N4O3S. The molecule has 2 rings (SSSR count). The molecule has 0 unspecified atom stereocenters. The van der Waals surface area contributed by atoms with Gasteiger partial charge >= 0.3 is 6.09 Å². The molecule has 134 valence electrons. The molecule has 1 aliphatic heterocycles. The summed E-state index contributed by atoms with van der Waals surface area (Å²) in [6.45, 7) is 10.8. The lowest BCUT2D eigenvalue weighted by Crippen LogP contribution is -2.47. The van der Waals surface area contributed by atoms with Gasteiger partial charge in [0.05, 0.1) is 12.2 Å². The summed E-state index contributed by atoms with van der Waals surface area (Å²) in [7, 11) is 2.06. The minimum absolute atomic E-state index is 0.0293. The fraction of sp³-hybridized carbons (Fsp3) is 0.688. The number of alkyl carbamates (subject to hydrolysis) is 1. The van der Waals surface area contributed by atoms with Crippen molar-refractivity contribution in [1.82, 2.24) is 20.1 Å². The number of hydrogen-bond acceptors (Lipinski definition) is 6. The second-order valence-corrected chi connectivity index (χ2v) is 8.06. The highest BCUT2D eigenvalue weighted by Crippen LogP contribution is 2.21. The first-order valence-corrected chi connectivity index (χ1v) is 8.88. The van der Waals surface area contributed by atoms with Crippen LogP contribution in [0.4, 0.5) is 4.79 Å². The van der Waals surface area contributed by atoms with Gasteiger partial charge in [0.15, 0.2) is 0 Å². The number of carbonyl (C=O) groups excluding carboxylic acids is 2. The molecule has 0 radical (unpaired) electrons. The fourth-order valence-corrected chi connectivity index (χ4v) is 3.31. The molecule has 24 heavy (non-hydrogen) atoms. The first-order chi connectivity index (χ1) is 11.2. The van der Waals surface area contributed by atoms with Crippen molar-refractivity contribution in [3.05, 3.63) is 15.6 Å². The average Bonchev–Trinajstić information content (AvgIpc) is 2.84. The van der Waals surface area contributed by atoms with Gasteiger partial charge in [-0.05, 0) is 34.7 Å². The van der Waals surface area contributed by atoms with Crippen LogP contribution < -0.4 is 5.32 Å². The highest BCUT2D eigenvalue weighted by molar-refractivity contribution is 7.13. The molecule has 1 aliphatic rings. The molecule has 0 atom stereocenters. The molecule has 0 saturated carbocycles. The average molecular weight is 354 g/mol. The van der Waals surface area contributed by atoms with Gasteiger partial charge in [-0.25, -0.2) is 9.78 Å². The maximum atomic E-state index is 12.6. The van der Waals surface area contributed by atoms with E-state index >= 15 is 0 Å². The molecule has 8 heteroatoms. The molecule has 7 nitrogen and oxygen atoms in total. The van der Waals surface area contributed by atoms with Gasteiger partial charge in [-0.15, -0.1) is 11.3 Å². The summed E-state index contributed by atoms with van der Waals surface area (Å²) in [5.41, 5.74) is 0.177. The Morgan fingerprint density at radius 1 is 1.25 bits per heavy atom. The maximum Gasteiger partial charge on any atom is 0.408 e. The summed E-state index contributed by atoms with van der Waals surface area (Å²) >= 11 is 1.34. The van der Waals surface area contributed by atoms with Crippen LogP contribution in [0.3, 0.4) is 0 Å². The quantitative estimate of drug-likeness (QED) is 0.897. The van der Waals surface area contributed by atoms with Crippen LogP contribution in [0.5, 0.6) is 0 Å². The number of aryl methyl sites for hydroxylation is 1. The molecule has 1 saturated heterocycles. The Kier molecular flexibility index (Phi) is 5.82. The number of ether oxygens (including phenoxy) is 1. The Labute approximate surface area is 147 Å².